The van der Waals surface area contributed by atoms with Crippen LogP contribution in [0, 0.1) is 5.41 Å². The van der Waals surface area contributed by atoms with Crippen molar-refractivity contribution in [1.29, 1.82) is 0 Å². The van der Waals surface area contributed by atoms with Gasteiger partial charge in [0, 0.05) is 9.89 Å². The molecule has 5 rings (SSSR count). The maximum Gasteiger partial charge on any atom is 0.0181 e. The Labute approximate surface area is 137 Å². The van der Waals surface area contributed by atoms with Crippen LogP contribution in [0.4, 0.5) is 0 Å². The lowest BCUT2D eigenvalue weighted by molar-refractivity contribution is 0.551. The molecule has 0 aliphatic heterocycles. The van der Waals surface area contributed by atoms with Gasteiger partial charge < -0.3 is 0 Å². The van der Waals surface area contributed by atoms with Crippen LogP contribution < -0.4 is 10.4 Å². The van der Waals surface area contributed by atoms with Gasteiger partial charge in [0.1, 0.15) is 0 Å². The zero-order chi connectivity index (χ0) is 14.7. The highest BCUT2D eigenvalue weighted by atomic mass is 79.9. The van der Waals surface area contributed by atoms with Crippen molar-refractivity contribution >= 4 is 38.9 Å². The molecule has 0 aromatic heterocycles. The summed E-state index contributed by atoms with van der Waals surface area (Å²) in [7, 11) is 0. The minimum absolute atomic E-state index is 0.145. The Morgan fingerprint density at radius 3 is 2.18 bits per heavy atom. The van der Waals surface area contributed by atoms with Gasteiger partial charge in [-0.1, -0.05) is 70.5 Å². The SMILES string of the molecule is Brc1ccc2c(c1)=CC1(C=2)Cc2cccc3cccc(c23)C1. The molecule has 0 saturated heterocycles. The Morgan fingerprint density at radius 1 is 0.773 bits per heavy atom. The average molecular weight is 347 g/mol. The van der Waals surface area contributed by atoms with E-state index in [0.29, 0.717) is 0 Å². The van der Waals surface area contributed by atoms with Gasteiger partial charge in [-0.2, -0.15) is 0 Å². The van der Waals surface area contributed by atoms with Crippen molar-refractivity contribution in [2.45, 2.75) is 12.8 Å². The Kier molecular flexibility index (Phi) is 2.49. The predicted octanol–water partition coefficient (Wildman–Crippen LogP) is 3.96. The molecular formula is C21H15Br. The molecule has 0 saturated carbocycles. The Morgan fingerprint density at radius 2 is 1.45 bits per heavy atom. The molecule has 0 N–H and O–H groups in total. The lowest BCUT2D eigenvalue weighted by Crippen LogP contribution is -2.24. The van der Waals surface area contributed by atoms with Crippen molar-refractivity contribution in [1.82, 2.24) is 0 Å². The number of halogens is 1. The van der Waals surface area contributed by atoms with Crippen LogP contribution in [0.3, 0.4) is 0 Å². The first-order valence-electron chi connectivity index (χ1n) is 7.73. The average Bonchev–Trinajstić information content (AvgIpc) is 2.83. The van der Waals surface area contributed by atoms with Gasteiger partial charge in [-0.3, -0.25) is 0 Å². The predicted molar refractivity (Wildman–Crippen MR) is 96.1 cm³/mol. The first-order valence-corrected chi connectivity index (χ1v) is 8.53. The van der Waals surface area contributed by atoms with Gasteiger partial charge in [0.15, 0.2) is 0 Å². The van der Waals surface area contributed by atoms with Gasteiger partial charge in [-0.05, 0) is 57.3 Å². The van der Waals surface area contributed by atoms with Gasteiger partial charge in [0.2, 0.25) is 0 Å². The normalized spacial score (nSPS) is 17.1. The number of fused-ring (bicyclic) bond motifs is 1. The molecular weight excluding hydrogens is 332 g/mol. The number of hydrogen-bond acceptors (Lipinski definition) is 0. The number of benzene rings is 3. The van der Waals surface area contributed by atoms with Gasteiger partial charge in [-0.15, -0.1) is 0 Å². The molecule has 1 spiro atoms. The second-order valence-corrected chi connectivity index (χ2v) is 7.50. The maximum absolute atomic E-state index is 3.59. The van der Waals surface area contributed by atoms with Crippen molar-refractivity contribution in [2.24, 2.45) is 5.41 Å². The second kappa shape index (κ2) is 4.33. The maximum atomic E-state index is 3.59. The highest BCUT2D eigenvalue weighted by Crippen LogP contribution is 2.41. The minimum Gasteiger partial charge on any atom is -0.0660 e. The van der Waals surface area contributed by atoms with Crippen LogP contribution >= 0.6 is 15.9 Å². The molecule has 3 aromatic carbocycles. The standard InChI is InChI=1S/C21H15Br/c22-19-8-7-15-10-21(13-18(15)9-19)11-16-5-1-3-14-4-2-6-17(12-21)20(14)16/h1-10,13H,11-12H2. The third-order valence-corrected chi connectivity index (χ3v) is 5.54. The van der Waals surface area contributed by atoms with E-state index < -0.39 is 0 Å². The molecule has 0 heterocycles. The van der Waals surface area contributed by atoms with E-state index in [1.54, 1.807) is 0 Å². The van der Waals surface area contributed by atoms with Crippen molar-refractivity contribution in [3.63, 3.8) is 0 Å². The van der Waals surface area contributed by atoms with Crippen LogP contribution in [-0.4, -0.2) is 0 Å². The molecule has 2 aliphatic rings. The van der Waals surface area contributed by atoms with E-state index in [0.717, 1.165) is 17.3 Å². The Bertz CT molecular complexity index is 1000. The van der Waals surface area contributed by atoms with Crippen LogP contribution in [0.1, 0.15) is 11.1 Å². The molecule has 0 radical (unpaired) electrons. The largest absolute Gasteiger partial charge is 0.0660 e. The monoisotopic (exact) mass is 346 g/mol. The lowest BCUT2D eigenvalue weighted by Gasteiger charge is -2.32. The third kappa shape index (κ3) is 1.75. The van der Waals surface area contributed by atoms with E-state index in [1.165, 1.54) is 32.3 Å². The van der Waals surface area contributed by atoms with Crippen LogP contribution in [0.5, 0.6) is 0 Å². The summed E-state index contributed by atoms with van der Waals surface area (Å²) in [5.41, 5.74) is 3.11. The van der Waals surface area contributed by atoms with Gasteiger partial charge in [0.05, 0.1) is 0 Å². The lowest BCUT2D eigenvalue weighted by atomic mass is 9.71. The van der Waals surface area contributed by atoms with E-state index in [1.807, 2.05) is 0 Å². The quantitative estimate of drug-likeness (QED) is 0.577. The molecule has 0 nitrogen and oxygen atoms in total. The summed E-state index contributed by atoms with van der Waals surface area (Å²) in [6, 6.07) is 20.1. The summed E-state index contributed by atoms with van der Waals surface area (Å²) in [5, 5.41) is 5.59. The fourth-order valence-electron chi connectivity index (χ4n) is 4.24. The molecule has 0 atom stereocenters. The van der Waals surface area contributed by atoms with E-state index in [2.05, 4.69) is 82.7 Å². The van der Waals surface area contributed by atoms with E-state index in [-0.39, 0.29) is 5.41 Å². The zero-order valence-electron chi connectivity index (χ0n) is 12.1. The molecule has 3 aromatic rings. The summed E-state index contributed by atoms with van der Waals surface area (Å²) in [6.07, 6.45) is 7.16. The smallest absolute Gasteiger partial charge is 0.0181 e. The van der Waals surface area contributed by atoms with E-state index >= 15 is 0 Å². The molecule has 0 fully saturated rings. The first kappa shape index (κ1) is 12.7. The molecule has 106 valence electrons. The van der Waals surface area contributed by atoms with Gasteiger partial charge in [-0.25, -0.2) is 0 Å². The van der Waals surface area contributed by atoms with Gasteiger partial charge >= 0.3 is 0 Å². The van der Waals surface area contributed by atoms with Crippen molar-refractivity contribution in [3.8, 4) is 0 Å². The molecule has 0 amide bonds. The molecule has 0 unspecified atom stereocenters. The summed E-state index contributed by atoms with van der Waals surface area (Å²) >= 11 is 3.59. The third-order valence-electron chi connectivity index (χ3n) is 5.05. The summed E-state index contributed by atoms with van der Waals surface area (Å²) in [4.78, 5) is 0. The summed E-state index contributed by atoms with van der Waals surface area (Å²) < 4.78 is 1.16. The van der Waals surface area contributed by atoms with Crippen molar-refractivity contribution < 1.29 is 0 Å². The first-order chi connectivity index (χ1) is 10.7. The molecule has 22 heavy (non-hydrogen) atoms. The molecule has 1 heteroatoms. The van der Waals surface area contributed by atoms with Crippen molar-refractivity contribution in [2.75, 3.05) is 0 Å². The summed E-state index contributed by atoms with van der Waals surface area (Å²) in [6.45, 7) is 0. The van der Waals surface area contributed by atoms with Crippen LogP contribution in [-0.2, 0) is 12.8 Å². The Hall–Kier alpha value is -1.86. The zero-order valence-corrected chi connectivity index (χ0v) is 13.7. The van der Waals surface area contributed by atoms with Crippen LogP contribution in [0.2, 0.25) is 0 Å². The van der Waals surface area contributed by atoms with Crippen molar-refractivity contribution in [3.05, 3.63) is 80.6 Å². The molecule has 0 bridgehead atoms. The summed E-state index contributed by atoms with van der Waals surface area (Å²) in [5.74, 6) is 0. The number of rotatable bonds is 0. The Balaban J connectivity index is 1.75. The van der Waals surface area contributed by atoms with Crippen LogP contribution in [0.25, 0.3) is 22.9 Å². The minimum atomic E-state index is 0.145. The number of hydrogen-bond donors (Lipinski definition) is 0. The fraction of sp³-hybridized carbons (Fsp3) is 0.143. The van der Waals surface area contributed by atoms with Gasteiger partial charge in [0.25, 0.3) is 0 Å². The second-order valence-electron chi connectivity index (χ2n) is 6.58. The topological polar surface area (TPSA) is 0 Å². The fourth-order valence-corrected chi connectivity index (χ4v) is 4.61. The van der Waals surface area contributed by atoms with Crippen LogP contribution in [0.15, 0.2) is 59.1 Å². The molecule has 2 aliphatic carbocycles. The highest BCUT2D eigenvalue weighted by molar-refractivity contribution is 9.10. The van der Waals surface area contributed by atoms with E-state index in [9.17, 15) is 0 Å². The highest BCUT2D eigenvalue weighted by Gasteiger charge is 2.33. The van der Waals surface area contributed by atoms with E-state index in [4.69, 9.17) is 0 Å².